The first-order valence-electron chi connectivity index (χ1n) is 13.2. The molecule has 3 aromatic rings. The number of carbonyl (C=O) groups is 2. The molecule has 1 atom stereocenters. The van der Waals surface area contributed by atoms with E-state index in [1.807, 2.05) is 48.1 Å². The summed E-state index contributed by atoms with van der Waals surface area (Å²) >= 11 is 0. The van der Waals surface area contributed by atoms with Gasteiger partial charge in [-0.1, -0.05) is 25.5 Å². The van der Waals surface area contributed by atoms with E-state index in [0.717, 1.165) is 37.0 Å². The zero-order chi connectivity index (χ0) is 26.7. The van der Waals surface area contributed by atoms with E-state index in [-0.39, 0.29) is 5.57 Å². The highest BCUT2D eigenvalue weighted by atomic mass is 16.5. The van der Waals surface area contributed by atoms with Crippen LogP contribution in [0.1, 0.15) is 63.3 Å². The number of methoxy groups -OCH3 is 1. The molecule has 0 unspecified atom stereocenters. The smallest absolute Gasteiger partial charge is 0.261 e. The second kappa shape index (κ2) is 10.7. The van der Waals surface area contributed by atoms with Crippen molar-refractivity contribution in [3.63, 3.8) is 0 Å². The fourth-order valence-electron chi connectivity index (χ4n) is 4.73. The Kier molecular flexibility index (Phi) is 7.22. The molecule has 1 saturated carbocycles. The lowest BCUT2D eigenvalue weighted by molar-refractivity contribution is -0.123. The van der Waals surface area contributed by atoms with Crippen LogP contribution in [-0.4, -0.2) is 35.3 Å². The van der Waals surface area contributed by atoms with Gasteiger partial charge in [0.05, 0.1) is 31.0 Å². The molecule has 38 heavy (non-hydrogen) atoms. The first kappa shape index (κ1) is 25.6. The third kappa shape index (κ3) is 5.44. The maximum Gasteiger partial charge on any atom is 0.261 e. The van der Waals surface area contributed by atoms with Crippen molar-refractivity contribution in [3.8, 4) is 11.5 Å². The van der Waals surface area contributed by atoms with Crippen LogP contribution in [0.2, 0.25) is 0 Å². The van der Waals surface area contributed by atoms with Gasteiger partial charge in [-0.25, -0.2) is 0 Å². The maximum absolute atomic E-state index is 13.6. The predicted molar refractivity (Wildman–Crippen MR) is 146 cm³/mol. The first-order chi connectivity index (χ1) is 18.4. The van der Waals surface area contributed by atoms with Gasteiger partial charge in [0.2, 0.25) is 0 Å². The SMILES string of the molecule is CCCCOc1ccc([C@]2(C)CC(c3ccn(C4CC4)n3)=C(C(=O)Nc3ccc(OC)cc3)C(=O)N2)cc1. The molecule has 8 nitrogen and oxygen atoms in total. The molecule has 2 heterocycles. The van der Waals surface area contributed by atoms with Crippen molar-refractivity contribution in [2.45, 2.75) is 57.5 Å². The van der Waals surface area contributed by atoms with Gasteiger partial charge in [-0.05, 0) is 74.2 Å². The van der Waals surface area contributed by atoms with E-state index >= 15 is 0 Å². The Balaban J connectivity index is 1.46. The van der Waals surface area contributed by atoms with E-state index < -0.39 is 17.4 Å². The number of unbranched alkanes of at least 4 members (excludes halogenated alkanes) is 1. The van der Waals surface area contributed by atoms with E-state index in [1.54, 1.807) is 31.4 Å². The van der Waals surface area contributed by atoms with Gasteiger partial charge in [0, 0.05) is 23.9 Å². The molecule has 0 saturated heterocycles. The molecular weight excluding hydrogens is 480 g/mol. The second-order valence-corrected chi connectivity index (χ2v) is 10.1. The Bertz CT molecular complexity index is 1340. The minimum Gasteiger partial charge on any atom is -0.497 e. The molecule has 2 aromatic carbocycles. The maximum atomic E-state index is 13.6. The molecule has 2 aliphatic rings. The van der Waals surface area contributed by atoms with Crippen molar-refractivity contribution in [2.75, 3.05) is 19.0 Å². The average molecular weight is 515 g/mol. The molecule has 8 heteroatoms. The lowest BCUT2D eigenvalue weighted by atomic mass is 9.79. The normalized spacial score (nSPS) is 19.2. The Morgan fingerprint density at radius 3 is 2.47 bits per heavy atom. The molecule has 0 bridgehead atoms. The van der Waals surface area contributed by atoms with E-state index in [0.29, 0.717) is 41.8 Å². The zero-order valence-electron chi connectivity index (χ0n) is 22.1. The first-order valence-corrected chi connectivity index (χ1v) is 13.2. The summed E-state index contributed by atoms with van der Waals surface area (Å²) in [4.78, 5) is 27.1. The standard InChI is InChI=1S/C30H34N4O4/c1-4-5-18-38-24-12-6-20(7-13-24)30(2)19-25(26-16-17-34(33-26)22-10-11-22)27(29(36)32-30)28(35)31-21-8-14-23(37-3)15-9-21/h6-9,12-17,22H,4-5,10-11,18-19H2,1-3H3,(H,31,35)(H,32,36)/t30-/m0/s1. The van der Waals surface area contributed by atoms with Crippen molar-refractivity contribution < 1.29 is 19.1 Å². The van der Waals surface area contributed by atoms with Gasteiger partial charge in [0.1, 0.15) is 17.1 Å². The molecule has 2 amide bonds. The number of nitrogens with zero attached hydrogens (tertiary/aromatic N) is 2. The van der Waals surface area contributed by atoms with Crippen molar-refractivity contribution in [3.05, 3.63) is 77.6 Å². The molecule has 0 spiro atoms. The Morgan fingerprint density at radius 2 is 1.82 bits per heavy atom. The summed E-state index contributed by atoms with van der Waals surface area (Å²) in [5, 5.41) is 10.7. The van der Waals surface area contributed by atoms with E-state index in [9.17, 15) is 9.59 Å². The number of nitrogens with one attached hydrogen (secondary N) is 2. The molecule has 1 fully saturated rings. The van der Waals surface area contributed by atoms with Crippen LogP contribution in [0, 0.1) is 0 Å². The average Bonchev–Trinajstić information content (AvgIpc) is 3.65. The number of benzene rings is 2. The van der Waals surface area contributed by atoms with Crippen LogP contribution < -0.4 is 20.1 Å². The molecule has 1 aliphatic heterocycles. The number of ether oxygens (including phenoxy) is 2. The van der Waals surface area contributed by atoms with Gasteiger partial charge < -0.3 is 20.1 Å². The number of hydrogen-bond donors (Lipinski definition) is 2. The van der Waals surface area contributed by atoms with Crippen LogP contribution in [0.4, 0.5) is 5.69 Å². The molecule has 0 radical (unpaired) electrons. The third-order valence-electron chi connectivity index (χ3n) is 7.12. The van der Waals surface area contributed by atoms with Crippen molar-refractivity contribution >= 4 is 23.1 Å². The van der Waals surface area contributed by atoms with Gasteiger partial charge in [-0.2, -0.15) is 5.10 Å². The molecule has 5 rings (SSSR count). The van der Waals surface area contributed by atoms with E-state index in [2.05, 4.69) is 17.6 Å². The summed E-state index contributed by atoms with van der Waals surface area (Å²) < 4.78 is 13.0. The quantitative estimate of drug-likeness (QED) is 0.285. The fraction of sp³-hybridized carbons (Fsp3) is 0.367. The van der Waals surface area contributed by atoms with Crippen LogP contribution >= 0.6 is 0 Å². The molecule has 2 N–H and O–H groups in total. The molecule has 1 aromatic heterocycles. The zero-order valence-corrected chi connectivity index (χ0v) is 22.1. The highest BCUT2D eigenvalue weighted by Gasteiger charge is 2.41. The third-order valence-corrected chi connectivity index (χ3v) is 7.12. The molecular formula is C30H34N4O4. The summed E-state index contributed by atoms with van der Waals surface area (Å²) in [6, 6.07) is 17.1. The number of carbonyl (C=O) groups excluding carboxylic acids is 2. The highest BCUT2D eigenvalue weighted by molar-refractivity contribution is 6.28. The number of rotatable bonds is 10. The Labute approximate surface area is 223 Å². The van der Waals surface area contributed by atoms with Crippen LogP contribution in [-0.2, 0) is 15.1 Å². The Hall–Kier alpha value is -4.07. The number of amides is 2. The van der Waals surface area contributed by atoms with Gasteiger partial charge in [0.15, 0.2) is 0 Å². The van der Waals surface area contributed by atoms with Gasteiger partial charge >= 0.3 is 0 Å². The highest BCUT2D eigenvalue weighted by Crippen LogP contribution is 2.40. The topological polar surface area (TPSA) is 94.5 Å². The van der Waals surface area contributed by atoms with Crippen LogP contribution in [0.25, 0.3) is 5.57 Å². The van der Waals surface area contributed by atoms with Gasteiger partial charge in [-0.15, -0.1) is 0 Å². The van der Waals surface area contributed by atoms with Crippen molar-refractivity contribution in [1.29, 1.82) is 0 Å². The van der Waals surface area contributed by atoms with E-state index in [4.69, 9.17) is 14.6 Å². The van der Waals surface area contributed by atoms with Crippen LogP contribution in [0.3, 0.4) is 0 Å². The molecule has 1 aliphatic carbocycles. The van der Waals surface area contributed by atoms with Crippen LogP contribution in [0.5, 0.6) is 11.5 Å². The summed E-state index contributed by atoms with van der Waals surface area (Å²) in [5.74, 6) is 0.585. The van der Waals surface area contributed by atoms with Gasteiger partial charge in [-0.3, -0.25) is 14.3 Å². The minimum absolute atomic E-state index is 0.0823. The lowest BCUT2D eigenvalue weighted by Crippen LogP contribution is -2.49. The predicted octanol–water partition coefficient (Wildman–Crippen LogP) is 5.23. The summed E-state index contributed by atoms with van der Waals surface area (Å²) in [6.45, 7) is 4.78. The second-order valence-electron chi connectivity index (χ2n) is 10.1. The largest absolute Gasteiger partial charge is 0.497 e. The van der Waals surface area contributed by atoms with Crippen LogP contribution in [0.15, 0.2) is 66.4 Å². The minimum atomic E-state index is -0.721. The Morgan fingerprint density at radius 1 is 1.11 bits per heavy atom. The lowest BCUT2D eigenvalue weighted by Gasteiger charge is -2.37. The van der Waals surface area contributed by atoms with Crippen molar-refractivity contribution in [2.24, 2.45) is 0 Å². The molecule has 198 valence electrons. The number of anilines is 1. The van der Waals surface area contributed by atoms with E-state index in [1.165, 1.54) is 0 Å². The number of hydrogen-bond acceptors (Lipinski definition) is 5. The number of aromatic nitrogens is 2. The summed E-state index contributed by atoms with van der Waals surface area (Å²) in [6.07, 6.45) is 6.61. The summed E-state index contributed by atoms with van der Waals surface area (Å²) in [7, 11) is 1.59. The fourth-order valence-corrected chi connectivity index (χ4v) is 4.73. The van der Waals surface area contributed by atoms with Gasteiger partial charge in [0.25, 0.3) is 11.8 Å². The summed E-state index contributed by atoms with van der Waals surface area (Å²) in [5.41, 5.74) is 2.15. The van der Waals surface area contributed by atoms with Crippen molar-refractivity contribution in [1.82, 2.24) is 15.1 Å². The monoisotopic (exact) mass is 514 g/mol.